The molecule has 3 rings (SSSR count). The van der Waals surface area contributed by atoms with Gasteiger partial charge in [0.2, 0.25) is 10.0 Å². The van der Waals surface area contributed by atoms with Gasteiger partial charge >= 0.3 is 0 Å². The molecule has 124 valence electrons. The Hall–Kier alpha value is -1.73. The first-order valence-electron chi connectivity index (χ1n) is 7.28. The van der Waals surface area contributed by atoms with Crippen LogP contribution in [0, 0.1) is 17.6 Å². The minimum absolute atomic E-state index is 0.00155. The summed E-state index contributed by atoms with van der Waals surface area (Å²) in [5, 5.41) is 0. The Bertz CT molecular complexity index is 811. The van der Waals surface area contributed by atoms with Crippen molar-refractivity contribution in [3.63, 3.8) is 0 Å². The van der Waals surface area contributed by atoms with E-state index >= 15 is 0 Å². The zero-order valence-corrected chi connectivity index (χ0v) is 13.6. The Morgan fingerprint density at radius 2 is 1.83 bits per heavy atom. The molecular weight excluding hydrogens is 324 g/mol. The van der Waals surface area contributed by atoms with Crippen molar-refractivity contribution in [2.45, 2.75) is 30.7 Å². The standard InChI is InChI=1S/C16H17F2NO3S/c1-10-5-15(10)16-4-3-13(22-16)9-19(2)23(20,21)14-7-11(17)6-12(18)8-14/h3-4,6-8,10,15H,5,9H2,1-2H3/t10-,15-/m0/s1. The molecule has 7 heteroatoms. The molecule has 0 amide bonds. The fraction of sp³-hybridized carbons (Fsp3) is 0.375. The Balaban J connectivity index is 1.78. The maximum absolute atomic E-state index is 13.2. The molecule has 1 aromatic carbocycles. The number of halogens is 2. The third kappa shape index (κ3) is 3.30. The molecule has 1 aromatic heterocycles. The lowest BCUT2D eigenvalue weighted by Gasteiger charge is -2.16. The van der Waals surface area contributed by atoms with Crippen LogP contribution >= 0.6 is 0 Å². The summed E-state index contributed by atoms with van der Waals surface area (Å²) in [6, 6.07) is 5.82. The third-order valence-electron chi connectivity index (χ3n) is 4.08. The number of rotatable bonds is 5. The molecule has 23 heavy (non-hydrogen) atoms. The number of hydrogen-bond donors (Lipinski definition) is 0. The van der Waals surface area contributed by atoms with Crippen LogP contribution in [-0.2, 0) is 16.6 Å². The van der Waals surface area contributed by atoms with Crippen LogP contribution in [-0.4, -0.2) is 19.8 Å². The minimum Gasteiger partial charge on any atom is -0.464 e. The highest BCUT2D eigenvalue weighted by Gasteiger charge is 2.36. The van der Waals surface area contributed by atoms with Crippen molar-refractivity contribution in [3.05, 3.63) is 53.5 Å². The van der Waals surface area contributed by atoms with Gasteiger partial charge in [0.25, 0.3) is 0 Å². The van der Waals surface area contributed by atoms with Crippen molar-refractivity contribution in [2.75, 3.05) is 7.05 Å². The van der Waals surface area contributed by atoms with E-state index in [-0.39, 0.29) is 6.54 Å². The quantitative estimate of drug-likeness (QED) is 0.836. The third-order valence-corrected chi connectivity index (χ3v) is 5.86. The summed E-state index contributed by atoms with van der Waals surface area (Å²) >= 11 is 0. The average Bonchev–Trinajstić information content (AvgIpc) is 3.01. The lowest BCUT2D eigenvalue weighted by Crippen LogP contribution is -2.26. The van der Waals surface area contributed by atoms with E-state index in [1.165, 1.54) is 7.05 Å². The highest BCUT2D eigenvalue weighted by Crippen LogP contribution is 2.47. The molecule has 1 fully saturated rings. The van der Waals surface area contributed by atoms with Gasteiger partial charge in [-0.2, -0.15) is 4.31 Å². The van der Waals surface area contributed by atoms with Gasteiger partial charge in [-0.3, -0.25) is 0 Å². The van der Waals surface area contributed by atoms with Crippen LogP contribution < -0.4 is 0 Å². The van der Waals surface area contributed by atoms with Gasteiger partial charge in [-0.15, -0.1) is 0 Å². The lowest BCUT2D eigenvalue weighted by molar-refractivity contribution is 0.389. The zero-order valence-electron chi connectivity index (χ0n) is 12.8. The van der Waals surface area contributed by atoms with E-state index < -0.39 is 26.6 Å². The fourth-order valence-electron chi connectivity index (χ4n) is 2.56. The molecule has 1 saturated carbocycles. The Morgan fingerprint density at radius 1 is 1.22 bits per heavy atom. The number of sulfonamides is 1. The van der Waals surface area contributed by atoms with Crippen LogP contribution in [0.15, 0.2) is 39.6 Å². The fourth-order valence-corrected chi connectivity index (χ4v) is 3.74. The Kier molecular flexibility index (Phi) is 4.01. The van der Waals surface area contributed by atoms with E-state index in [4.69, 9.17) is 4.42 Å². The van der Waals surface area contributed by atoms with Crippen LogP contribution in [0.2, 0.25) is 0 Å². The molecule has 2 aromatic rings. The van der Waals surface area contributed by atoms with Gasteiger partial charge in [-0.1, -0.05) is 6.92 Å². The number of furan rings is 1. The molecule has 0 bridgehead atoms. The van der Waals surface area contributed by atoms with E-state index in [0.717, 1.165) is 28.6 Å². The SMILES string of the molecule is C[C@H]1C[C@@H]1c1ccc(CN(C)S(=O)(=O)c2cc(F)cc(F)c2)o1. The zero-order chi connectivity index (χ0) is 16.8. The molecule has 0 saturated heterocycles. The molecule has 1 aliphatic rings. The van der Waals surface area contributed by atoms with Gasteiger partial charge < -0.3 is 4.42 Å². The predicted molar refractivity (Wildman–Crippen MR) is 80.2 cm³/mol. The van der Waals surface area contributed by atoms with Gasteiger partial charge in [0.15, 0.2) is 0 Å². The van der Waals surface area contributed by atoms with Crippen LogP contribution in [0.4, 0.5) is 8.78 Å². The number of hydrogen-bond acceptors (Lipinski definition) is 3. The van der Waals surface area contributed by atoms with Crippen molar-refractivity contribution >= 4 is 10.0 Å². The van der Waals surface area contributed by atoms with Gasteiger partial charge in [0, 0.05) is 19.0 Å². The first-order chi connectivity index (χ1) is 10.8. The molecule has 0 N–H and O–H groups in total. The van der Waals surface area contributed by atoms with Gasteiger partial charge in [-0.05, 0) is 36.6 Å². The van der Waals surface area contributed by atoms with Crippen LogP contribution in [0.1, 0.15) is 30.8 Å². The second-order valence-electron chi connectivity index (χ2n) is 5.99. The molecular formula is C16H17F2NO3S. The molecule has 4 nitrogen and oxygen atoms in total. The monoisotopic (exact) mass is 341 g/mol. The van der Waals surface area contributed by atoms with Crippen LogP contribution in [0.25, 0.3) is 0 Å². The second-order valence-corrected chi connectivity index (χ2v) is 8.03. The maximum atomic E-state index is 13.2. The number of nitrogens with zero attached hydrogens (tertiary/aromatic N) is 1. The van der Waals surface area contributed by atoms with Crippen molar-refractivity contribution < 1.29 is 21.6 Å². The van der Waals surface area contributed by atoms with Gasteiger partial charge in [-0.25, -0.2) is 17.2 Å². The summed E-state index contributed by atoms with van der Waals surface area (Å²) in [7, 11) is -2.65. The second kappa shape index (κ2) is 5.72. The van der Waals surface area contributed by atoms with E-state index in [0.29, 0.717) is 23.7 Å². The average molecular weight is 341 g/mol. The first-order valence-corrected chi connectivity index (χ1v) is 8.72. The molecule has 2 atom stereocenters. The van der Waals surface area contributed by atoms with Crippen LogP contribution in [0.5, 0.6) is 0 Å². The Labute approximate surface area is 133 Å². The van der Waals surface area contributed by atoms with E-state index in [2.05, 4.69) is 6.92 Å². The summed E-state index contributed by atoms with van der Waals surface area (Å²) in [5.74, 6) is 0.491. The molecule has 0 spiro atoms. The molecule has 0 aliphatic heterocycles. The summed E-state index contributed by atoms with van der Waals surface area (Å²) in [6.45, 7) is 2.13. The van der Waals surface area contributed by atoms with Crippen molar-refractivity contribution in [1.82, 2.24) is 4.31 Å². The van der Waals surface area contributed by atoms with Crippen molar-refractivity contribution in [2.24, 2.45) is 5.92 Å². The van der Waals surface area contributed by atoms with E-state index in [1.54, 1.807) is 6.07 Å². The summed E-state index contributed by atoms with van der Waals surface area (Å²) < 4.78 is 58.0. The van der Waals surface area contributed by atoms with Crippen molar-refractivity contribution in [3.8, 4) is 0 Å². The Morgan fingerprint density at radius 3 is 2.39 bits per heavy atom. The summed E-state index contributed by atoms with van der Waals surface area (Å²) in [5.41, 5.74) is 0. The molecule has 0 radical (unpaired) electrons. The first kappa shape index (κ1) is 16.1. The molecule has 0 unspecified atom stereocenters. The highest BCUT2D eigenvalue weighted by atomic mass is 32.2. The largest absolute Gasteiger partial charge is 0.464 e. The molecule has 1 heterocycles. The molecule has 1 aliphatic carbocycles. The highest BCUT2D eigenvalue weighted by molar-refractivity contribution is 7.89. The lowest BCUT2D eigenvalue weighted by atomic mass is 10.3. The number of benzene rings is 1. The normalized spacial score (nSPS) is 20.9. The van der Waals surface area contributed by atoms with Gasteiger partial charge in [0.1, 0.15) is 23.2 Å². The smallest absolute Gasteiger partial charge is 0.243 e. The van der Waals surface area contributed by atoms with Crippen molar-refractivity contribution in [1.29, 1.82) is 0 Å². The summed E-state index contributed by atoms with van der Waals surface area (Å²) in [6.07, 6.45) is 1.07. The van der Waals surface area contributed by atoms with Gasteiger partial charge in [0.05, 0.1) is 11.4 Å². The van der Waals surface area contributed by atoms with E-state index in [9.17, 15) is 17.2 Å². The maximum Gasteiger partial charge on any atom is 0.243 e. The summed E-state index contributed by atoms with van der Waals surface area (Å²) in [4.78, 5) is -0.417. The topological polar surface area (TPSA) is 50.5 Å². The van der Waals surface area contributed by atoms with E-state index in [1.807, 2.05) is 6.07 Å². The minimum atomic E-state index is -3.99. The van der Waals surface area contributed by atoms with Crippen LogP contribution in [0.3, 0.4) is 0 Å². The predicted octanol–water partition coefficient (Wildman–Crippen LogP) is 3.50.